The molecule has 0 bridgehead atoms. The van der Waals surface area contributed by atoms with E-state index in [0.717, 1.165) is 22.8 Å². The fraction of sp³-hybridized carbons (Fsp3) is 0.111. The maximum atomic E-state index is 12.5. The van der Waals surface area contributed by atoms with Crippen LogP contribution in [0.25, 0.3) is 11.3 Å². The van der Waals surface area contributed by atoms with Crippen LogP contribution in [0.15, 0.2) is 48.5 Å². The number of aromatic nitrogens is 2. The Morgan fingerprint density at radius 1 is 1.04 bits per heavy atom. The van der Waals surface area contributed by atoms with Gasteiger partial charge in [0.2, 0.25) is 0 Å². The fourth-order valence-electron chi connectivity index (χ4n) is 2.25. The molecule has 3 aromatic rings. The summed E-state index contributed by atoms with van der Waals surface area (Å²) in [6.07, 6.45) is 0. The molecule has 0 fully saturated rings. The van der Waals surface area contributed by atoms with E-state index >= 15 is 0 Å². The molecule has 0 aliphatic heterocycles. The van der Waals surface area contributed by atoms with Crippen molar-refractivity contribution in [3.05, 3.63) is 59.0 Å². The predicted octanol–water partition coefficient (Wildman–Crippen LogP) is 3.67. The van der Waals surface area contributed by atoms with Crippen molar-refractivity contribution in [1.82, 2.24) is 9.59 Å². The van der Waals surface area contributed by atoms with Crippen LogP contribution in [0.3, 0.4) is 0 Å². The average molecular weight is 353 g/mol. The molecule has 7 heteroatoms. The highest BCUT2D eigenvalue weighted by molar-refractivity contribution is 7.08. The number of carbonyl (C=O) groups excluding carboxylic acids is 2. The summed E-state index contributed by atoms with van der Waals surface area (Å²) < 4.78 is 9.03. The van der Waals surface area contributed by atoms with Crippen molar-refractivity contribution in [2.75, 3.05) is 12.4 Å². The van der Waals surface area contributed by atoms with Crippen LogP contribution in [0.2, 0.25) is 0 Å². The molecule has 0 unspecified atom stereocenters. The molecule has 0 saturated heterocycles. The van der Waals surface area contributed by atoms with E-state index in [2.05, 4.69) is 14.9 Å². The smallest absolute Gasteiger partial charge is 0.269 e. The number of methoxy groups -OCH3 is 1. The lowest BCUT2D eigenvalue weighted by Crippen LogP contribution is -2.11. The summed E-state index contributed by atoms with van der Waals surface area (Å²) in [5.41, 5.74) is 2.50. The summed E-state index contributed by atoms with van der Waals surface area (Å²) in [5, 5.41) is 6.86. The highest BCUT2D eigenvalue weighted by Crippen LogP contribution is 2.26. The second kappa shape index (κ2) is 7.23. The zero-order valence-corrected chi connectivity index (χ0v) is 14.5. The maximum Gasteiger partial charge on any atom is 0.269 e. The summed E-state index contributed by atoms with van der Waals surface area (Å²) in [6.45, 7) is 1.50. The normalized spacial score (nSPS) is 10.3. The van der Waals surface area contributed by atoms with Gasteiger partial charge in [-0.05, 0) is 67.0 Å². The Morgan fingerprint density at radius 3 is 2.32 bits per heavy atom. The highest BCUT2D eigenvalue weighted by atomic mass is 32.1. The molecule has 6 nitrogen and oxygen atoms in total. The average Bonchev–Trinajstić information content (AvgIpc) is 3.12. The number of hydrogen-bond acceptors (Lipinski definition) is 6. The number of anilines is 1. The number of ketones is 1. The van der Waals surface area contributed by atoms with E-state index in [9.17, 15) is 9.59 Å². The van der Waals surface area contributed by atoms with Crippen LogP contribution in [0.5, 0.6) is 5.75 Å². The Balaban J connectivity index is 1.81. The van der Waals surface area contributed by atoms with Crippen molar-refractivity contribution in [2.24, 2.45) is 0 Å². The molecule has 0 atom stereocenters. The van der Waals surface area contributed by atoms with Crippen LogP contribution in [-0.2, 0) is 0 Å². The first-order valence-electron chi connectivity index (χ1n) is 7.47. The van der Waals surface area contributed by atoms with Crippen molar-refractivity contribution in [2.45, 2.75) is 6.92 Å². The number of carbonyl (C=O) groups is 2. The van der Waals surface area contributed by atoms with Crippen molar-refractivity contribution in [3.8, 4) is 17.0 Å². The summed E-state index contributed by atoms with van der Waals surface area (Å²) >= 11 is 1.03. The third-order valence-corrected chi connectivity index (χ3v) is 4.33. The molecule has 0 radical (unpaired) electrons. The minimum absolute atomic E-state index is 0.0219. The van der Waals surface area contributed by atoms with Gasteiger partial charge in [0.25, 0.3) is 5.91 Å². The van der Waals surface area contributed by atoms with E-state index in [-0.39, 0.29) is 11.7 Å². The predicted molar refractivity (Wildman–Crippen MR) is 96.3 cm³/mol. The lowest BCUT2D eigenvalue weighted by atomic mass is 10.1. The van der Waals surface area contributed by atoms with Crippen LogP contribution in [0, 0.1) is 0 Å². The quantitative estimate of drug-likeness (QED) is 0.708. The second-order valence-corrected chi connectivity index (χ2v) is 6.02. The van der Waals surface area contributed by atoms with Crippen molar-refractivity contribution >= 4 is 28.9 Å². The van der Waals surface area contributed by atoms with Crippen LogP contribution in [0.4, 0.5) is 5.69 Å². The molecule has 126 valence electrons. The molecule has 1 heterocycles. The fourth-order valence-corrected chi connectivity index (χ4v) is 2.84. The summed E-state index contributed by atoms with van der Waals surface area (Å²) in [7, 11) is 1.59. The first-order valence-corrected chi connectivity index (χ1v) is 8.25. The lowest BCUT2D eigenvalue weighted by Gasteiger charge is -2.06. The third-order valence-electron chi connectivity index (χ3n) is 3.61. The molecule has 0 aliphatic carbocycles. The summed E-state index contributed by atoms with van der Waals surface area (Å²) in [6, 6.07) is 14.0. The molecule has 2 aromatic carbocycles. The van der Waals surface area contributed by atoms with E-state index in [0.29, 0.717) is 21.8 Å². The van der Waals surface area contributed by atoms with Gasteiger partial charge in [-0.3, -0.25) is 9.59 Å². The van der Waals surface area contributed by atoms with Gasteiger partial charge in [0.1, 0.15) is 16.3 Å². The molecule has 3 rings (SSSR count). The molecule has 0 saturated carbocycles. The maximum absolute atomic E-state index is 12.5. The Kier molecular flexibility index (Phi) is 4.85. The number of nitrogens with one attached hydrogen (secondary N) is 1. The van der Waals surface area contributed by atoms with E-state index in [1.807, 2.05) is 12.1 Å². The Bertz CT molecular complexity index is 902. The minimum Gasteiger partial charge on any atom is -0.497 e. The number of amides is 1. The zero-order valence-electron chi connectivity index (χ0n) is 13.6. The minimum atomic E-state index is -0.295. The SMILES string of the molecule is COc1ccc(-c2nnsc2C(=O)Nc2ccc(C(C)=O)cc2)cc1. The second-order valence-electron chi connectivity index (χ2n) is 5.27. The van der Waals surface area contributed by atoms with E-state index in [1.165, 1.54) is 6.92 Å². The van der Waals surface area contributed by atoms with Gasteiger partial charge in [0.15, 0.2) is 5.78 Å². The molecule has 1 aromatic heterocycles. The first kappa shape index (κ1) is 16.8. The van der Waals surface area contributed by atoms with Gasteiger partial charge in [-0.1, -0.05) is 4.49 Å². The molecular weight excluding hydrogens is 338 g/mol. The molecule has 0 spiro atoms. The molecule has 1 amide bonds. The molecular formula is C18H15N3O3S. The monoisotopic (exact) mass is 353 g/mol. The number of nitrogens with zero attached hydrogens (tertiary/aromatic N) is 2. The summed E-state index contributed by atoms with van der Waals surface area (Å²) in [5.74, 6) is 0.409. The van der Waals surface area contributed by atoms with Crippen LogP contribution >= 0.6 is 11.5 Å². The van der Waals surface area contributed by atoms with Gasteiger partial charge in [0.05, 0.1) is 7.11 Å². The zero-order chi connectivity index (χ0) is 17.8. The summed E-state index contributed by atoms with van der Waals surface area (Å²) in [4.78, 5) is 24.3. The van der Waals surface area contributed by atoms with Crippen molar-refractivity contribution in [1.29, 1.82) is 0 Å². The topological polar surface area (TPSA) is 81.2 Å². The number of hydrogen-bond donors (Lipinski definition) is 1. The Morgan fingerprint density at radius 2 is 1.72 bits per heavy atom. The van der Waals surface area contributed by atoms with Crippen LogP contribution in [-0.4, -0.2) is 28.4 Å². The molecule has 25 heavy (non-hydrogen) atoms. The number of rotatable bonds is 5. The van der Waals surface area contributed by atoms with Gasteiger partial charge >= 0.3 is 0 Å². The van der Waals surface area contributed by atoms with Crippen molar-refractivity contribution in [3.63, 3.8) is 0 Å². The Labute approximate surface area is 148 Å². The number of Topliss-reactive ketones (excluding diaryl/α,β-unsaturated/α-hetero) is 1. The van der Waals surface area contributed by atoms with Crippen LogP contribution in [0.1, 0.15) is 27.0 Å². The van der Waals surface area contributed by atoms with E-state index in [1.54, 1.807) is 43.5 Å². The number of benzene rings is 2. The van der Waals surface area contributed by atoms with Gasteiger partial charge in [0, 0.05) is 16.8 Å². The van der Waals surface area contributed by atoms with E-state index in [4.69, 9.17) is 4.74 Å². The third kappa shape index (κ3) is 3.72. The van der Waals surface area contributed by atoms with Gasteiger partial charge in [-0.2, -0.15) is 0 Å². The largest absolute Gasteiger partial charge is 0.497 e. The first-order chi connectivity index (χ1) is 12.1. The van der Waals surface area contributed by atoms with Crippen LogP contribution < -0.4 is 10.1 Å². The van der Waals surface area contributed by atoms with Gasteiger partial charge < -0.3 is 10.1 Å². The molecule has 1 N–H and O–H groups in total. The highest BCUT2D eigenvalue weighted by Gasteiger charge is 2.18. The van der Waals surface area contributed by atoms with Gasteiger partial charge in [-0.15, -0.1) is 5.10 Å². The lowest BCUT2D eigenvalue weighted by molar-refractivity contribution is 0.101. The van der Waals surface area contributed by atoms with Gasteiger partial charge in [-0.25, -0.2) is 0 Å². The standard InChI is InChI=1S/C18H15N3O3S/c1-11(22)12-3-7-14(8-4-12)19-18(23)17-16(20-21-25-17)13-5-9-15(24-2)10-6-13/h3-10H,1-2H3,(H,19,23). The number of ether oxygens (including phenoxy) is 1. The molecule has 0 aliphatic rings. The van der Waals surface area contributed by atoms with E-state index < -0.39 is 0 Å². The Hall–Kier alpha value is -3.06. The van der Waals surface area contributed by atoms with Crippen molar-refractivity contribution < 1.29 is 14.3 Å².